The van der Waals surface area contributed by atoms with Crippen molar-refractivity contribution in [3.63, 3.8) is 0 Å². The molecule has 2 aliphatic rings. The van der Waals surface area contributed by atoms with Crippen molar-refractivity contribution >= 4 is 0 Å². The fourth-order valence-electron chi connectivity index (χ4n) is 4.01. The number of allylic oxidation sites excluding steroid dienone is 1. The average molecular weight is 238 g/mol. The normalized spacial score (nSPS) is 50.8. The summed E-state index contributed by atoms with van der Waals surface area (Å²) in [6.07, 6.45) is 4.14. The lowest BCUT2D eigenvalue weighted by Crippen LogP contribution is -2.62. The highest BCUT2D eigenvalue weighted by Crippen LogP contribution is 2.57. The molecule has 17 heavy (non-hydrogen) atoms. The van der Waals surface area contributed by atoms with Gasteiger partial charge in [-0.1, -0.05) is 26.0 Å². The SMILES string of the molecule is C=C(C)[C@@H]1CC[C@@]2(C)[C@@H](O)CC[C@H](C)[C@]2(O)C1. The van der Waals surface area contributed by atoms with Gasteiger partial charge in [-0.2, -0.15) is 0 Å². The Labute approximate surface area is 105 Å². The molecular formula is C15H26O2. The molecule has 0 radical (unpaired) electrons. The summed E-state index contributed by atoms with van der Waals surface area (Å²) in [6.45, 7) is 10.3. The molecule has 0 aromatic carbocycles. The van der Waals surface area contributed by atoms with Crippen LogP contribution in [0.25, 0.3) is 0 Å². The average Bonchev–Trinajstić information content (AvgIpc) is 2.27. The van der Waals surface area contributed by atoms with E-state index < -0.39 is 5.60 Å². The third kappa shape index (κ3) is 1.77. The molecule has 0 amide bonds. The second-order valence-corrected chi connectivity index (χ2v) is 6.62. The third-order valence-electron chi connectivity index (χ3n) is 5.68. The van der Waals surface area contributed by atoms with Gasteiger partial charge < -0.3 is 10.2 Å². The van der Waals surface area contributed by atoms with E-state index >= 15 is 0 Å². The summed E-state index contributed by atoms with van der Waals surface area (Å²) in [5.41, 5.74) is 0.135. The molecule has 0 aliphatic heterocycles. The van der Waals surface area contributed by atoms with E-state index in [1.165, 1.54) is 5.57 Å². The summed E-state index contributed by atoms with van der Waals surface area (Å²) in [7, 11) is 0. The largest absolute Gasteiger partial charge is 0.392 e. The minimum absolute atomic E-state index is 0.276. The standard InChI is InChI=1S/C15H26O2/c1-10(2)12-7-8-14(4)13(16)6-5-11(3)15(14,17)9-12/h11-13,16-17H,1,5-9H2,2-4H3/t11-,12+,13-,14-,15+/m0/s1. The van der Waals surface area contributed by atoms with Gasteiger partial charge in [0.05, 0.1) is 11.7 Å². The van der Waals surface area contributed by atoms with Crippen LogP contribution in [-0.4, -0.2) is 21.9 Å². The first-order valence-corrected chi connectivity index (χ1v) is 6.87. The first-order chi connectivity index (χ1) is 7.81. The Bertz CT molecular complexity index is 325. The van der Waals surface area contributed by atoms with E-state index in [1.54, 1.807) is 0 Å². The van der Waals surface area contributed by atoms with Crippen molar-refractivity contribution in [1.82, 2.24) is 0 Å². The molecular weight excluding hydrogens is 212 g/mol. The molecule has 98 valence electrons. The zero-order chi connectivity index (χ0) is 12.8. The second-order valence-electron chi connectivity index (χ2n) is 6.62. The summed E-state index contributed by atoms with van der Waals surface area (Å²) in [5.74, 6) is 0.693. The lowest BCUT2D eigenvalue weighted by molar-refractivity contribution is -0.217. The predicted molar refractivity (Wildman–Crippen MR) is 69.6 cm³/mol. The molecule has 0 heterocycles. The van der Waals surface area contributed by atoms with Crippen LogP contribution in [0.1, 0.15) is 52.9 Å². The minimum Gasteiger partial charge on any atom is -0.392 e. The molecule has 5 atom stereocenters. The maximum Gasteiger partial charge on any atom is 0.0756 e. The van der Waals surface area contributed by atoms with Crippen molar-refractivity contribution in [2.45, 2.75) is 64.6 Å². The zero-order valence-corrected chi connectivity index (χ0v) is 11.4. The molecule has 2 fully saturated rings. The van der Waals surface area contributed by atoms with E-state index in [0.717, 1.165) is 32.1 Å². The summed E-state index contributed by atoms with van der Waals surface area (Å²) in [5, 5.41) is 21.4. The molecule has 0 saturated heterocycles. The van der Waals surface area contributed by atoms with Gasteiger partial charge in [0.15, 0.2) is 0 Å². The minimum atomic E-state index is -0.716. The van der Waals surface area contributed by atoms with E-state index in [9.17, 15) is 10.2 Å². The van der Waals surface area contributed by atoms with Gasteiger partial charge in [0.2, 0.25) is 0 Å². The van der Waals surface area contributed by atoms with Gasteiger partial charge in [-0.15, -0.1) is 0 Å². The summed E-state index contributed by atoms with van der Waals surface area (Å²) in [4.78, 5) is 0. The molecule has 2 saturated carbocycles. The maximum absolute atomic E-state index is 11.1. The molecule has 2 rings (SSSR count). The van der Waals surface area contributed by atoms with Gasteiger partial charge in [-0.25, -0.2) is 0 Å². The molecule has 0 aromatic rings. The Morgan fingerprint density at radius 3 is 2.53 bits per heavy atom. The van der Waals surface area contributed by atoms with E-state index in [1.807, 2.05) is 0 Å². The third-order valence-corrected chi connectivity index (χ3v) is 5.68. The van der Waals surface area contributed by atoms with E-state index in [0.29, 0.717) is 5.92 Å². The first kappa shape index (κ1) is 13.1. The number of hydrogen-bond donors (Lipinski definition) is 2. The van der Waals surface area contributed by atoms with Crippen molar-refractivity contribution < 1.29 is 10.2 Å². The summed E-state index contributed by atoms with van der Waals surface area (Å²) >= 11 is 0. The van der Waals surface area contributed by atoms with Crippen molar-refractivity contribution in [2.24, 2.45) is 17.3 Å². The van der Waals surface area contributed by atoms with Crippen molar-refractivity contribution in [3.8, 4) is 0 Å². The summed E-state index contributed by atoms with van der Waals surface area (Å²) < 4.78 is 0. The number of fused-ring (bicyclic) bond motifs is 1. The molecule has 0 unspecified atom stereocenters. The molecule has 2 aliphatic carbocycles. The van der Waals surface area contributed by atoms with Gasteiger partial charge in [0, 0.05) is 5.41 Å². The van der Waals surface area contributed by atoms with E-state index in [2.05, 4.69) is 27.4 Å². The van der Waals surface area contributed by atoms with Crippen LogP contribution in [0.15, 0.2) is 12.2 Å². The maximum atomic E-state index is 11.1. The molecule has 2 heteroatoms. The van der Waals surface area contributed by atoms with Crippen LogP contribution in [0.4, 0.5) is 0 Å². The van der Waals surface area contributed by atoms with Crippen LogP contribution in [0.5, 0.6) is 0 Å². The Balaban J connectivity index is 2.32. The van der Waals surface area contributed by atoms with Crippen LogP contribution >= 0.6 is 0 Å². The fourth-order valence-corrected chi connectivity index (χ4v) is 4.01. The summed E-state index contributed by atoms with van der Waals surface area (Å²) in [6, 6.07) is 0. The number of rotatable bonds is 1. The number of hydrogen-bond acceptors (Lipinski definition) is 2. The lowest BCUT2D eigenvalue weighted by atomic mass is 9.50. The zero-order valence-electron chi connectivity index (χ0n) is 11.4. The quantitative estimate of drug-likeness (QED) is 0.690. The Morgan fingerprint density at radius 2 is 1.94 bits per heavy atom. The van der Waals surface area contributed by atoms with E-state index in [-0.39, 0.29) is 17.4 Å². The van der Waals surface area contributed by atoms with E-state index in [4.69, 9.17) is 0 Å². The smallest absolute Gasteiger partial charge is 0.0756 e. The van der Waals surface area contributed by atoms with Gasteiger partial charge in [0.1, 0.15) is 0 Å². The van der Waals surface area contributed by atoms with Gasteiger partial charge in [-0.3, -0.25) is 0 Å². The molecule has 0 spiro atoms. The van der Waals surface area contributed by atoms with Crippen LogP contribution in [-0.2, 0) is 0 Å². The van der Waals surface area contributed by atoms with Gasteiger partial charge in [0.25, 0.3) is 0 Å². The highest BCUT2D eigenvalue weighted by molar-refractivity contribution is 5.13. The number of aliphatic hydroxyl groups excluding tert-OH is 1. The molecule has 2 nitrogen and oxygen atoms in total. The van der Waals surface area contributed by atoms with Crippen LogP contribution < -0.4 is 0 Å². The van der Waals surface area contributed by atoms with Crippen LogP contribution in [0.2, 0.25) is 0 Å². The topological polar surface area (TPSA) is 40.5 Å². The highest BCUT2D eigenvalue weighted by atomic mass is 16.3. The Kier molecular flexibility index (Phi) is 3.16. The monoisotopic (exact) mass is 238 g/mol. The van der Waals surface area contributed by atoms with Gasteiger partial charge >= 0.3 is 0 Å². The predicted octanol–water partition coefficient (Wildman–Crippen LogP) is 2.89. The molecule has 2 N–H and O–H groups in total. The van der Waals surface area contributed by atoms with Crippen LogP contribution in [0, 0.1) is 17.3 Å². The number of aliphatic hydroxyl groups is 2. The Hall–Kier alpha value is -0.340. The van der Waals surface area contributed by atoms with Crippen molar-refractivity contribution in [2.75, 3.05) is 0 Å². The lowest BCUT2D eigenvalue weighted by Gasteiger charge is -2.59. The Morgan fingerprint density at radius 1 is 1.29 bits per heavy atom. The van der Waals surface area contributed by atoms with Gasteiger partial charge in [-0.05, 0) is 50.9 Å². The molecule has 0 aromatic heterocycles. The van der Waals surface area contributed by atoms with Crippen LogP contribution in [0.3, 0.4) is 0 Å². The molecule has 0 bridgehead atoms. The first-order valence-electron chi connectivity index (χ1n) is 6.87. The van der Waals surface area contributed by atoms with Crippen molar-refractivity contribution in [1.29, 1.82) is 0 Å². The van der Waals surface area contributed by atoms with Crippen molar-refractivity contribution in [3.05, 3.63) is 12.2 Å². The highest BCUT2D eigenvalue weighted by Gasteiger charge is 2.59. The fraction of sp³-hybridized carbons (Fsp3) is 0.867. The second kappa shape index (κ2) is 4.10.